The first-order chi connectivity index (χ1) is 16.3. The van der Waals surface area contributed by atoms with Gasteiger partial charge in [-0.15, -0.1) is 0 Å². The van der Waals surface area contributed by atoms with Crippen LogP contribution in [0.2, 0.25) is 0 Å². The molecule has 0 saturated heterocycles. The van der Waals surface area contributed by atoms with Gasteiger partial charge in [-0.1, -0.05) is 36.4 Å². The second-order valence-corrected chi connectivity index (χ2v) is 9.51. The van der Waals surface area contributed by atoms with E-state index in [0.29, 0.717) is 33.6 Å². The molecule has 4 aromatic rings. The van der Waals surface area contributed by atoms with E-state index in [1.54, 1.807) is 37.3 Å². The molecular formula is C26H25N3O4S. The molecule has 1 N–H and O–H groups in total. The van der Waals surface area contributed by atoms with Crippen molar-refractivity contribution >= 4 is 38.2 Å². The Morgan fingerprint density at radius 1 is 1.00 bits per heavy atom. The van der Waals surface area contributed by atoms with E-state index in [9.17, 15) is 13.2 Å². The zero-order valence-corrected chi connectivity index (χ0v) is 20.0. The lowest BCUT2D eigenvalue weighted by Crippen LogP contribution is -2.30. The third kappa shape index (κ3) is 4.45. The fourth-order valence-electron chi connectivity index (χ4n) is 3.84. The molecule has 34 heavy (non-hydrogen) atoms. The maximum absolute atomic E-state index is 13.5. The summed E-state index contributed by atoms with van der Waals surface area (Å²) in [7, 11) is -2.41. The summed E-state index contributed by atoms with van der Waals surface area (Å²) in [5.41, 5.74) is 2.67. The number of nitrogens with one attached hydrogen (secondary N) is 1. The molecule has 1 heterocycles. The van der Waals surface area contributed by atoms with Gasteiger partial charge >= 0.3 is 0 Å². The number of hydrogen-bond acceptors (Lipinski definition) is 5. The van der Waals surface area contributed by atoms with Crippen LogP contribution in [0.1, 0.15) is 23.0 Å². The third-order valence-corrected chi connectivity index (χ3v) is 7.33. The van der Waals surface area contributed by atoms with E-state index < -0.39 is 10.0 Å². The summed E-state index contributed by atoms with van der Waals surface area (Å²) in [4.78, 5) is 17.8. The Hall–Kier alpha value is -3.91. The number of pyridine rings is 1. The van der Waals surface area contributed by atoms with Gasteiger partial charge in [-0.25, -0.2) is 8.42 Å². The van der Waals surface area contributed by atoms with Gasteiger partial charge in [-0.3, -0.25) is 14.1 Å². The Labute approximate surface area is 199 Å². The van der Waals surface area contributed by atoms with E-state index in [4.69, 9.17) is 4.74 Å². The fraction of sp³-hybridized carbons (Fsp3) is 0.154. The number of rotatable bonds is 7. The minimum atomic E-state index is -3.88. The highest BCUT2D eigenvalue weighted by molar-refractivity contribution is 7.92. The monoisotopic (exact) mass is 475 g/mol. The van der Waals surface area contributed by atoms with Crippen LogP contribution >= 0.6 is 0 Å². The summed E-state index contributed by atoms with van der Waals surface area (Å²) in [6, 6.07) is 22.4. The van der Waals surface area contributed by atoms with Crippen LogP contribution in [0.4, 0.5) is 11.4 Å². The van der Waals surface area contributed by atoms with Crippen molar-refractivity contribution in [1.29, 1.82) is 0 Å². The first-order valence-electron chi connectivity index (χ1n) is 10.8. The smallest absolute Gasteiger partial charge is 0.264 e. The fourth-order valence-corrected chi connectivity index (χ4v) is 5.34. The molecule has 1 amide bonds. The van der Waals surface area contributed by atoms with Crippen molar-refractivity contribution in [3.05, 3.63) is 90.1 Å². The van der Waals surface area contributed by atoms with Crippen LogP contribution in [0.25, 0.3) is 10.9 Å². The molecule has 0 radical (unpaired) electrons. The number of sulfonamides is 1. The lowest BCUT2D eigenvalue weighted by atomic mass is 10.1. The number of anilines is 2. The quantitative estimate of drug-likeness (QED) is 0.405. The van der Waals surface area contributed by atoms with Crippen molar-refractivity contribution < 1.29 is 17.9 Å². The number of ether oxygens (including phenoxy) is 1. The van der Waals surface area contributed by atoms with E-state index in [2.05, 4.69) is 10.3 Å². The van der Waals surface area contributed by atoms with E-state index in [1.165, 1.54) is 29.6 Å². The number of carbonyl (C=O) groups is 1. The molecule has 0 aliphatic heterocycles. The summed E-state index contributed by atoms with van der Waals surface area (Å²) in [6.07, 6.45) is 0. The Morgan fingerprint density at radius 3 is 2.41 bits per heavy atom. The number of para-hydroxylation sites is 2. The third-order valence-electron chi connectivity index (χ3n) is 5.43. The number of carbonyl (C=O) groups excluding carboxylic acids is 1. The Morgan fingerprint density at radius 2 is 1.71 bits per heavy atom. The normalized spacial score (nSPS) is 11.3. The molecule has 0 aliphatic carbocycles. The molecule has 0 bridgehead atoms. The highest BCUT2D eigenvalue weighted by atomic mass is 32.2. The van der Waals surface area contributed by atoms with Gasteiger partial charge in [-0.05, 0) is 56.3 Å². The summed E-state index contributed by atoms with van der Waals surface area (Å²) in [5, 5.41) is 3.53. The van der Waals surface area contributed by atoms with Crippen LogP contribution in [-0.4, -0.2) is 33.0 Å². The molecule has 1 aromatic heterocycles. The molecule has 7 nitrogen and oxygen atoms in total. The molecule has 8 heteroatoms. The van der Waals surface area contributed by atoms with Crippen LogP contribution in [0.15, 0.2) is 83.8 Å². The van der Waals surface area contributed by atoms with Crippen LogP contribution in [-0.2, 0) is 10.0 Å². The second kappa shape index (κ2) is 9.52. The molecule has 0 saturated carbocycles. The molecule has 0 unspecified atom stereocenters. The number of aryl methyl sites for hydroxylation is 1. The summed E-state index contributed by atoms with van der Waals surface area (Å²) < 4.78 is 33.6. The van der Waals surface area contributed by atoms with Crippen LogP contribution in [0.5, 0.6) is 5.75 Å². The van der Waals surface area contributed by atoms with Crippen LogP contribution < -0.4 is 14.4 Å². The van der Waals surface area contributed by atoms with Gasteiger partial charge in [0.05, 0.1) is 34.5 Å². The zero-order chi connectivity index (χ0) is 24.3. The molecular weight excluding hydrogens is 450 g/mol. The molecule has 3 aromatic carbocycles. The van der Waals surface area contributed by atoms with E-state index in [1.807, 2.05) is 37.3 Å². The minimum Gasteiger partial charge on any atom is -0.495 e. The molecule has 0 spiro atoms. The van der Waals surface area contributed by atoms with Crippen molar-refractivity contribution in [3.8, 4) is 5.75 Å². The highest BCUT2D eigenvalue weighted by Gasteiger charge is 2.25. The zero-order valence-electron chi connectivity index (χ0n) is 19.1. The summed E-state index contributed by atoms with van der Waals surface area (Å²) >= 11 is 0. The number of fused-ring (bicyclic) bond motifs is 1. The average molecular weight is 476 g/mol. The van der Waals surface area contributed by atoms with Crippen LogP contribution in [0.3, 0.4) is 0 Å². The van der Waals surface area contributed by atoms with E-state index in [-0.39, 0.29) is 23.0 Å². The van der Waals surface area contributed by atoms with Gasteiger partial charge < -0.3 is 10.1 Å². The van der Waals surface area contributed by atoms with Crippen molar-refractivity contribution in [2.75, 3.05) is 23.3 Å². The molecule has 4 rings (SSSR count). The average Bonchev–Trinajstić information content (AvgIpc) is 2.84. The van der Waals surface area contributed by atoms with Gasteiger partial charge in [0.1, 0.15) is 5.75 Å². The summed E-state index contributed by atoms with van der Waals surface area (Å²) in [6.45, 7) is 3.84. The van der Waals surface area contributed by atoms with Gasteiger partial charge in [0.2, 0.25) is 0 Å². The predicted octanol–water partition coefficient (Wildman–Crippen LogP) is 5.02. The SMILES string of the molecule is CCN(c1ccccc1)S(=O)(=O)c1ccc(OC)c(NC(=O)c2cc(C)nc3ccccc23)c1. The topological polar surface area (TPSA) is 88.6 Å². The number of benzene rings is 3. The predicted molar refractivity (Wildman–Crippen MR) is 134 cm³/mol. The number of amides is 1. The van der Waals surface area contributed by atoms with Gasteiger partial charge in [-0.2, -0.15) is 0 Å². The van der Waals surface area contributed by atoms with Crippen molar-refractivity contribution in [2.24, 2.45) is 0 Å². The minimum absolute atomic E-state index is 0.0464. The van der Waals surface area contributed by atoms with Crippen molar-refractivity contribution in [1.82, 2.24) is 4.98 Å². The van der Waals surface area contributed by atoms with E-state index in [0.717, 1.165) is 0 Å². The summed E-state index contributed by atoms with van der Waals surface area (Å²) in [5.74, 6) is -0.0323. The Balaban J connectivity index is 1.74. The molecule has 0 aliphatic rings. The molecule has 0 fully saturated rings. The standard InChI is InChI=1S/C26H25N3O4S/c1-4-29(19-10-6-5-7-11-19)34(31,32)20-14-15-25(33-3)24(17-20)28-26(30)22-16-18(2)27-23-13-9-8-12-21(22)23/h5-17H,4H2,1-3H3,(H,28,30). The molecule has 0 atom stereocenters. The number of aromatic nitrogens is 1. The first kappa shape index (κ1) is 23.3. The van der Waals surface area contributed by atoms with Crippen molar-refractivity contribution in [2.45, 2.75) is 18.7 Å². The number of methoxy groups -OCH3 is 1. The van der Waals surface area contributed by atoms with Gasteiger partial charge in [0.15, 0.2) is 0 Å². The van der Waals surface area contributed by atoms with Crippen molar-refractivity contribution in [3.63, 3.8) is 0 Å². The highest BCUT2D eigenvalue weighted by Crippen LogP contribution is 2.31. The number of hydrogen-bond donors (Lipinski definition) is 1. The lowest BCUT2D eigenvalue weighted by molar-refractivity contribution is 0.102. The maximum atomic E-state index is 13.5. The Kier molecular flexibility index (Phi) is 6.51. The maximum Gasteiger partial charge on any atom is 0.264 e. The van der Waals surface area contributed by atoms with E-state index >= 15 is 0 Å². The largest absolute Gasteiger partial charge is 0.495 e. The Bertz CT molecular complexity index is 1450. The number of nitrogens with zero attached hydrogens (tertiary/aromatic N) is 2. The molecule has 174 valence electrons. The second-order valence-electron chi connectivity index (χ2n) is 7.65. The lowest BCUT2D eigenvalue weighted by Gasteiger charge is -2.23. The first-order valence-corrected chi connectivity index (χ1v) is 12.2. The van der Waals surface area contributed by atoms with Gasteiger partial charge in [0.25, 0.3) is 15.9 Å². The van der Waals surface area contributed by atoms with Gasteiger partial charge in [0, 0.05) is 17.6 Å². The van der Waals surface area contributed by atoms with Crippen LogP contribution in [0, 0.1) is 6.92 Å².